The average molecular weight is 288 g/mol. The van der Waals surface area contributed by atoms with E-state index in [-0.39, 0.29) is 12.1 Å². The number of carboxylic acid groups (broad SMARTS) is 1. The Bertz CT molecular complexity index is 528. The number of hydrogen-bond acceptors (Lipinski definition) is 2. The van der Waals surface area contributed by atoms with Gasteiger partial charge in [-0.3, -0.25) is 4.79 Å². The average Bonchev–Trinajstić information content (AvgIpc) is 2.94. The summed E-state index contributed by atoms with van der Waals surface area (Å²) in [5, 5.41) is 11.8. The molecule has 0 saturated carbocycles. The Hall–Kier alpha value is -2.30. The van der Waals surface area contributed by atoms with E-state index in [1.807, 2.05) is 37.3 Å². The summed E-state index contributed by atoms with van der Waals surface area (Å²) in [7, 11) is 0. The van der Waals surface area contributed by atoms with E-state index < -0.39 is 11.9 Å². The molecule has 2 amide bonds. The van der Waals surface area contributed by atoms with Crippen LogP contribution in [0.5, 0.6) is 0 Å². The zero-order valence-corrected chi connectivity index (χ0v) is 12.0. The number of carboxylic acids is 1. The topological polar surface area (TPSA) is 69.6 Å². The molecule has 1 aliphatic rings. The number of nitrogens with one attached hydrogen (secondary N) is 1. The third kappa shape index (κ3) is 4.08. The second-order valence-corrected chi connectivity index (χ2v) is 5.12. The van der Waals surface area contributed by atoms with Gasteiger partial charge < -0.3 is 15.3 Å². The Balaban J connectivity index is 1.89. The fourth-order valence-corrected chi connectivity index (χ4v) is 2.37. The lowest BCUT2D eigenvalue weighted by molar-refractivity contribution is -0.140. The highest BCUT2D eigenvalue weighted by Gasteiger charge is 2.26. The van der Waals surface area contributed by atoms with Crippen LogP contribution in [0.4, 0.5) is 4.79 Å². The largest absolute Gasteiger partial charge is 0.481 e. The summed E-state index contributed by atoms with van der Waals surface area (Å²) in [6.07, 6.45) is 3.82. The van der Waals surface area contributed by atoms with Gasteiger partial charge >= 0.3 is 12.0 Å². The molecule has 2 unspecified atom stereocenters. The number of amides is 2. The molecular weight excluding hydrogens is 268 g/mol. The van der Waals surface area contributed by atoms with Gasteiger partial charge in [-0.05, 0) is 18.9 Å². The minimum absolute atomic E-state index is 0.165. The van der Waals surface area contributed by atoms with Crippen LogP contribution in [0.2, 0.25) is 0 Å². The molecule has 0 bridgehead atoms. The predicted octanol–water partition coefficient (Wildman–Crippen LogP) is 2.25. The van der Waals surface area contributed by atoms with Gasteiger partial charge in [0.2, 0.25) is 0 Å². The van der Waals surface area contributed by atoms with Crippen molar-refractivity contribution in [2.45, 2.75) is 25.9 Å². The number of benzene rings is 1. The molecule has 1 aliphatic carbocycles. The molecule has 0 spiro atoms. The van der Waals surface area contributed by atoms with Gasteiger partial charge in [-0.1, -0.05) is 42.5 Å². The normalized spacial score (nSPS) is 20.2. The molecule has 5 nitrogen and oxygen atoms in total. The van der Waals surface area contributed by atoms with E-state index in [1.54, 1.807) is 17.1 Å². The molecule has 0 aliphatic heterocycles. The number of nitrogens with zero attached hydrogens (tertiary/aromatic N) is 1. The van der Waals surface area contributed by atoms with Gasteiger partial charge in [-0.25, -0.2) is 4.79 Å². The van der Waals surface area contributed by atoms with Gasteiger partial charge in [0.05, 0.1) is 12.0 Å². The van der Waals surface area contributed by atoms with E-state index in [9.17, 15) is 9.59 Å². The summed E-state index contributed by atoms with van der Waals surface area (Å²) in [4.78, 5) is 24.8. The van der Waals surface area contributed by atoms with Crippen molar-refractivity contribution in [1.29, 1.82) is 0 Å². The van der Waals surface area contributed by atoms with Crippen molar-refractivity contribution >= 4 is 12.0 Å². The lowest BCUT2D eigenvalue weighted by Gasteiger charge is -2.23. The maximum Gasteiger partial charge on any atom is 0.318 e. The summed E-state index contributed by atoms with van der Waals surface area (Å²) in [5.41, 5.74) is 1.07. The summed E-state index contributed by atoms with van der Waals surface area (Å²) in [6.45, 7) is 3.06. The minimum Gasteiger partial charge on any atom is -0.481 e. The molecule has 0 saturated heterocycles. The van der Waals surface area contributed by atoms with Gasteiger partial charge in [-0.2, -0.15) is 0 Å². The van der Waals surface area contributed by atoms with Crippen LogP contribution in [0, 0.1) is 5.92 Å². The van der Waals surface area contributed by atoms with Crippen LogP contribution in [0.25, 0.3) is 0 Å². The Kier molecular flexibility index (Phi) is 4.98. The summed E-state index contributed by atoms with van der Waals surface area (Å²) in [5.74, 6) is -1.35. The molecule has 0 aromatic heterocycles. The Labute approximate surface area is 124 Å². The van der Waals surface area contributed by atoms with E-state index >= 15 is 0 Å². The molecule has 2 atom stereocenters. The molecule has 1 aromatic carbocycles. The predicted molar refractivity (Wildman–Crippen MR) is 79.7 cm³/mol. The smallest absolute Gasteiger partial charge is 0.318 e. The van der Waals surface area contributed by atoms with Crippen molar-refractivity contribution < 1.29 is 14.7 Å². The molecule has 2 N–H and O–H groups in total. The second-order valence-electron chi connectivity index (χ2n) is 5.12. The highest BCUT2D eigenvalue weighted by molar-refractivity contribution is 5.76. The third-order valence-electron chi connectivity index (χ3n) is 3.59. The first-order valence-electron chi connectivity index (χ1n) is 7.10. The molecule has 0 heterocycles. The molecule has 0 fully saturated rings. The molecule has 0 radical (unpaired) electrons. The molecule has 1 aromatic rings. The molecule has 5 heteroatoms. The van der Waals surface area contributed by atoms with Crippen LogP contribution in [0.15, 0.2) is 42.5 Å². The van der Waals surface area contributed by atoms with Gasteiger partial charge in [-0.15, -0.1) is 0 Å². The van der Waals surface area contributed by atoms with Crippen molar-refractivity contribution in [3.05, 3.63) is 48.0 Å². The zero-order valence-electron chi connectivity index (χ0n) is 12.0. The lowest BCUT2D eigenvalue weighted by Crippen LogP contribution is -2.43. The number of carbonyl (C=O) groups excluding carboxylic acids is 1. The molecule has 112 valence electrons. The first-order chi connectivity index (χ1) is 10.1. The zero-order chi connectivity index (χ0) is 15.2. The number of hydrogen-bond donors (Lipinski definition) is 2. The maximum atomic E-state index is 12.2. The van der Waals surface area contributed by atoms with Gasteiger partial charge in [0.1, 0.15) is 0 Å². The lowest BCUT2D eigenvalue weighted by atomic mass is 10.1. The van der Waals surface area contributed by atoms with Gasteiger partial charge in [0, 0.05) is 13.1 Å². The van der Waals surface area contributed by atoms with E-state index in [0.29, 0.717) is 19.5 Å². The molecule has 21 heavy (non-hydrogen) atoms. The van der Waals surface area contributed by atoms with E-state index in [2.05, 4.69) is 5.32 Å². The fourth-order valence-electron chi connectivity index (χ4n) is 2.37. The van der Waals surface area contributed by atoms with Crippen LogP contribution < -0.4 is 5.32 Å². The van der Waals surface area contributed by atoms with Crippen LogP contribution in [-0.4, -0.2) is 34.6 Å². The Morgan fingerprint density at radius 3 is 2.57 bits per heavy atom. The van der Waals surface area contributed by atoms with Crippen molar-refractivity contribution in [3.8, 4) is 0 Å². The summed E-state index contributed by atoms with van der Waals surface area (Å²) in [6, 6.07) is 9.41. The number of carbonyl (C=O) groups is 2. The third-order valence-corrected chi connectivity index (χ3v) is 3.59. The molecule has 2 rings (SSSR count). The number of urea groups is 1. The Morgan fingerprint density at radius 1 is 1.29 bits per heavy atom. The van der Waals surface area contributed by atoms with Gasteiger partial charge in [0.25, 0.3) is 0 Å². The highest BCUT2D eigenvalue weighted by atomic mass is 16.4. The maximum absolute atomic E-state index is 12.2. The summed E-state index contributed by atoms with van der Waals surface area (Å²) >= 11 is 0. The van der Waals surface area contributed by atoms with E-state index in [4.69, 9.17) is 5.11 Å². The quantitative estimate of drug-likeness (QED) is 0.816. The van der Waals surface area contributed by atoms with Crippen LogP contribution >= 0.6 is 0 Å². The van der Waals surface area contributed by atoms with Crippen molar-refractivity contribution in [3.63, 3.8) is 0 Å². The number of aliphatic carboxylic acids is 1. The van der Waals surface area contributed by atoms with E-state index in [1.165, 1.54) is 0 Å². The minimum atomic E-state index is -0.848. The van der Waals surface area contributed by atoms with Crippen molar-refractivity contribution in [2.75, 3.05) is 6.54 Å². The van der Waals surface area contributed by atoms with Crippen LogP contribution in [0.1, 0.15) is 18.9 Å². The summed E-state index contributed by atoms with van der Waals surface area (Å²) < 4.78 is 0. The second kappa shape index (κ2) is 6.92. The first-order valence-corrected chi connectivity index (χ1v) is 7.10. The van der Waals surface area contributed by atoms with Gasteiger partial charge in [0.15, 0.2) is 0 Å². The monoisotopic (exact) mass is 288 g/mol. The highest BCUT2D eigenvalue weighted by Crippen LogP contribution is 2.18. The van der Waals surface area contributed by atoms with Crippen LogP contribution in [0.3, 0.4) is 0 Å². The van der Waals surface area contributed by atoms with Crippen molar-refractivity contribution in [2.24, 2.45) is 5.92 Å². The fraction of sp³-hybridized carbons (Fsp3) is 0.375. The number of rotatable bonds is 5. The standard InChI is InChI=1S/C16H20N2O3/c1-2-18(11-12-6-4-3-5-7-12)16(21)17-14-9-8-13(10-14)15(19)20/h3-9,13-14H,2,10-11H2,1H3,(H,17,21)(H,19,20). The SMILES string of the molecule is CCN(Cc1ccccc1)C(=O)NC1C=CC(C(=O)O)C1. The Morgan fingerprint density at radius 2 is 2.00 bits per heavy atom. The first kappa shape index (κ1) is 15.1. The van der Waals surface area contributed by atoms with Crippen LogP contribution in [-0.2, 0) is 11.3 Å². The van der Waals surface area contributed by atoms with E-state index in [0.717, 1.165) is 5.56 Å². The molecular formula is C16H20N2O3. The van der Waals surface area contributed by atoms with Crippen molar-refractivity contribution in [1.82, 2.24) is 10.2 Å².